The molecule has 0 atom stereocenters. The van der Waals surface area contributed by atoms with Crippen LogP contribution in [-0.4, -0.2) is 38.6 Å². The number of halogens is 2. The molecule has 0 aliphatic carbocycles. The molecular weight excluding hydrogens is 514 g/mol. The number of hydrogen-bond donors (Lipinski definition) is 0. The summed E-state index contributed by atoms with van der Waals surface area (Å²) in [6.07, 6.45) is 20.0. The van der Waals surface area contributed by atoms with Crippen molar-refractivity contribution in [3.63, 3.8) is 0 Å². The van der Waals surface area contributed by atoms with Crippen molar-refractivity contribution in [1.29, 1.82) is 0 Å². The minimum atomic E-state index is -0.436. The van der Waals surface area contributed by atoms with E-state index >= 15 is 8.78 Å². The number of benzene rings is 4. The lowest BCUT2D eigenvalue weighted by Crippen LogP contribution is -2.33. The van der Waals surface area contributed by atoms with E-state index < -0.39 is 11.6 Å². The van der Waals surface area contributed by atoms with Crippen LogP contribution in [0, 0.1) is 11.6 Å². The highest BCUT2D eigenvalue weighted by atomic mass is 19.1. The van der Waals surface area contributed by atoms with E-state index in [0.29, 0.717) is 32.9 Å². The van der Waals surface area contributed by atoms with E-state index in [1.165, 1.54) is 12.1 Å². The Labute approximate surface area is 224 Å². The Hall–Kier alpha value is -5.78. The smallest absolute Gasteiger partial charge is 0.133 e. The van der Waals surface area contributed by atoms with E-state index in [1.807, 2.05) is 12.1 Å². The molecule has 4 aromatic heterocycles. The summed E-state index contributed by atoms with van der Waals surface area (Å²) >= 11 is 0. The lowest BCUT2D eigenvalue weighted by atomic mass is 9.92. The molecule has 0 amide bonds. The van der Waals surface area contributed by atoms with Crippen LogP contribution >= 0.6 is 0 Å². The quantitative estimate of drug-likeness (QED) is 0.277. The molecule has 0 radical (unpaired) electrons. The van der Waals surface area contributed by atoms with E-state index in [9.17, 15) is 0 Å². The van der Waals surface area contributed by atoms with Gasteiger partial charge in [0.1, 0.15) is 36.9 Å². The van der Waals surface area contributed by atoms with Crippen molar-refractivity contribution < 1.29 is 8.78 Å². The Morgan fingerprint density at radius 2 is 0.800 bits per heavy atom. The molecule has 194 valence electrons. The molecule has 0 N–H and O–H groups in total. The zero-order valence-corrected chi connectivity index (χ0v) is 20.6. The maximum absolute atomic E-state index is 15.9. The molecule has 8 aromatic rings. The number of imidazole rings is 4. The van der Waals surface area contributed by atoms with Crippen LogP contribution in [0.4, 0.5) is 20.2 Å². The molecule has 0 spiro atoms. The number of rotatable bonds is 6. The Balaban J connectivity index is 1.48. The van der Waals surface area contributed by atoms with Gasteiger partial charge in [-0.25, -0.2) is 47.4 Å². The Kier molecular flexibility index (Phi) is 4.65. The van der Waals surface area contributed by atoms with Gasteiger partial charge in [0.05, 0.1) is 11.4 Å². The van der Waals surface area contributed by atoms with Crippen LogP contribution in [-0.2, 0) is 0 Å². The predicted octanol–water partition coefficient (Wildman–Crippen LogP) is 5.11. The highest BCUT2D eigenvalue weighted by Gasteiger charge is 2.24. The summed E-state index contributed by atoms with van der Waals surface area (Å²) in [4.78, 5) is 16.7. The van der Waals surface area contributed by atoms with Crippen molar-refractivity contribution >= 4 is 43.7 Å². The summed E-state index contributed by atoms with van der Waals surface area (Å²) in [5, 5.41) is 6.93. The molecule has 0 unspecified atom stereocenters. The zero-order valence-electron chi connectivity index (χ0n) is 20.6. The van der Waals surface area contributed by atoms with Crippen LogP contribution < -0.4 is 10.2 Å². The third-order valence-corrected chi connectivity index (χ3v) is 7.02. The number of hydrogen-bond acceptors (Lipinski definition) is 6. The van der Waals surface area contributed by atoms with Gasteiger partial charge in [0, 0.05) is 94.0 Å². The average molecular weight is 533 g/mol. The Morgan fingerprint density at radius 1 is 0.475 bits per heavy atom. The summed E-state index contributed by atoms with van der Waals surface area (Å²) < 4.78 is 38.7. The third kappa shape index (κ3) is 3.13. The summed E-state index contributed by atoms with van der Waals surface area (Å²) in [7, 11) is 0. The van der Waals surface area contributed by atoms with E-state index in [0.717, 1.165) is 10.8 Å². The van der Waals surface area contributed by atoms with Gasteiger partial charge in [-0.15, -0.1) is 0 Å². The highest BCUT2D eigenvalue weighted by molar-refractivity contribution is 6.27. The summed E-state index contributed by atoms with van der Waals surface area (Å²) in [6.45, 7) is 0. The molecule has 0 bridgehead atoms. The Morgan fingerprint density at radius 3 is 1.10 bits per heavy atom. The van der Waals surface area contributed by atoms with Crippen LogP contribution in [0.15, 0.2) is 111 Å². The molecule has 10 nitrogen and oxygen atoms in total. The van der Waals surface area contributed by atoms with E-state index in [1.54, 1.807) is 116 Å². The molecular formula is C28H18F2N10. The van der Waals surface area contributed by atoms with Gasteiger partial charge in [-0.1, -0.05) is 24.3 Å². The zero-order chi connectivity index (χ0) is 26.8. The van der Waals surface area contributed by atoms with Crippen molar-refractivity contribution in [3.8, 4) is 0 Å². The summed E-state index contributed by atoms with van der Waals surface area (Å²) in [6, 6.07) is 10.1. The predicted molar refractivity (Wildman–Crippen MR) is 146 cm³/mol. The number of aromatic nitrogens is 8. The van der Waals surface area contributed by atoms with E-state index in [2.05, 4.69) is 19.9 Å². The molecule has 4 heterocycles. The van der Waals surface area contributed by atoms with E-state index in [4.69, 9.17) is 0 Å². The molecule has 12 heteroatoms. The largest absolute Gasteiger partial charge is 0.243 e. The second-order valence-electron chi connectivity index (χ2n) is 9.18. The molecule has 40 heavy (non-hydrogen) atoms. The van der Waals surface area contributed by atoms with Crippen LogP contribution in [0.2, 0.25) is 0 Å². The first-order valence-electron chi connectivity index (χ1n) is 12.3. The minimum absolute atomic E-state index is 0.390. The molecule has 0 fully saturated rings. The average Bonchev–Trinajstić information content (AvgIpc) is 3.80. The molecule has 4 aromatic carbocycles. The van der Waals surface area contributed by atoms with Crippen molar-refractivity contribution in [3.05, 3.63) is 123 Å². The molecule has 0 saturated heterocycles. The lowest BCUT2D eigenvalue weighted by Gasteiger charge is -2.29. The first kappa shape index (κ1) is 22.2. The maximum atomic E-state index is 15.9. The summed E-state index contributed by atoms with van der Waals surface area (Å²) in [5.41, 5.74) is 1.06. The molecule has 0 aliphatic heterocycles. The second-order valence-corrected chi connectivity index (χ2v) is 9.18. The van der Waals surface area contributed by atoms with Gasteiger partial charge in [-0.05, 0) is 0 Å². The van der Waals surface area contributed by atoms with Crippen LogP contribution in [0.3, 0.4) is 0 Å². The maximum Gasteiger partial charge on any atom is 0.133 e. The standard InChI is InChI=1S/C28H18F2N10/c29-23-13-26(40(37-11-7-33-17-37)38-12-8-34-18-38)22-4-2-20-24(30)14-25(21-3-1-19(23)27(22)28(20)21)39(35-9-5-31-15-35)36-10-6-32-16-36/h1-18H. The fraction of sp³-hybridized carbons (Fsp3) is 0. The van der Waals surface area contributed by atoms with Gasteiger partial charge < -0.3 is 0 Å². The van der Waals surface area contributed by atoms with Crippen molar-refractivity contribution in [2.45, 2.75) is 0 Å². The molecule has 8 rings (SSSR count). The van der Waals surface area contributed by atoms with Crippen LogP contribution in [0.5, 0.6) is 0 Å². The van der Waals surface area contributed by atoms with Gasteiger partial charge in [0.25, 0.3) is 0 Å². The Bertz CT molecular complexity index is 1860. The topological polar surface area (TPSA) is 77.8 Å². The third-order valence-electron chi connectivity index (χ3n) is 7.02. The normalized spacial score (nSPS) is 11.8. The van der Waals surface area contributed by atoms with Crippen LogP contribution in [0.1, 0.15) is 0 Å². The van der Waals surface area contributed by atoms with Crippen molar-refractivity contribution in [2.75, 3.05) is 10.2 Å². The fourth-order valence-electron chi connectivity index (χ4n) is 5.40. The second kappa shape index (κ2) is 8.36. The molecule has 0 saturated carbocycles. The van der Waals surface area contributed by atoms with Crippen LogP contribution in [0.25, 0.3) is 32.3 Å². The van der Waals surface area contributed by atoms with Crippen molar-refractivity contribution in [2.24, 2.45) is 0 Å². The minimum Gasteiger partial charge on any atom is -0.243 e. The molecule has 0 aliphatic rings. The number of anilines is 2. The van der Waals surface area contributed by atoms with Gasteiger partial charge in [-0.3, -0.25) is 0 Å². The number of nitrogens with zero attached hydrogens (tertiary/aromatic N) is 10. The SMILES string of the molecule is Fc1cc(N(n2ccnc2)n2ccnc2)c2ccc3c(F)cc(N(n4ccnc4)n4ccnc4)c4ccc1c2c34. The monoisotopic (exact) mass is 532 g/mol. The van der Waals surface area contributed by atoms with Gasteiger partial charge in [0.2, 0.25) is 0 Å². The highest BCUT2D eigenvalue weighted by Crippen LogP contribution is 2.44. The fourth-order valence-corrected chi connectivity index (χ4v) is 5.40. The first-order chi connectivity index (χ1) is 19.7. The van der Waals surface area contributed by atoms with Gasteiger partial charge >= 0.3 is 0 Å². The first-order valence-corrected chi connectivity index (χ1v) is 12.3. The lowest BCUT2D eigenvalue weighted by molar-refractivity contribution is 0.597. The summed E-state index contributed by atoms with van der Waals surface area (Å²) in [5.74, 6) is -0.872. The van der Waals surface area contributed by atoms with Gasteiger partial charge in [-0.2, -0.15) is 10.2 Å². The van der Waals surface area contributed by atoms with Gasteiger partial charge in [0.15, 0.2) is 0 Å². The van der Waals surface area contributed by atoms with Crippen molar-refractivity contribution in [1.82, 2.24) is 38.6 Å². The van der Waals surface area contributed by atoms with E-state index in [-0.39, 0.29) is 0 Å².